The second-order valence-electron chi connectivity index (χ2n) is 4.88. The van der Waals surface area contributed by atoms with E-state index >= 15 is 0 Å². The van der Waals surface area contributed by atoms with E-state index in [9.17, 15) is 9.18 Å². The zero-order chi connectivity index (χ0) is 16.9. The van der Waals surface area contributed by atoms with Crippen LogP contribution in [0.3, 0.4) is 0 Å². The monoisotopic (exact) mass is 386 g/mol. The van der Waals surface area contributed by atoms with E-state index in [1.165, 1.54) is 24.5 Å². The Morgan fingerprint density at radius 2 is 1.79 bits per heavy atom. The number of halogens is 2. The molecule has 1 heterocycles. The molecule has 0 unspecified atom stereocenters. The van der Waals surface area contributed by atoms with Crippen LogP contribution in [0.5, 0.6) is 0 Å². The van der Waals surface area contributed by atoms with Crippen LogP contribution in [0.15, 0.2) is 65.4 Å². The van der Waals surface area contributed by atoms with Crippen molar-refractivity contribution in [2.24, 2.45) is 0 Å². The number of carbonyl (C=O) groups excluding carboxylic acids is 1. The quantitative estimate of drug-likeness (QED) is 0.698. The van der Waals surface area contributed by atoms with Gasteiger partial charge >= 0.3 is 0 Å². The van der Waals surface area contributed by atoms with Crippen LogP contribution in [0.25, 0.3) is 0 Å². The molecule has 0 radical (unpaired) electrons. The lowest BCUT2D eigenvalue weighted by Gasteiger charge is -2.07. The SMILES string of the molecule is O=C(Nc1cccc(Br)c1)c1cnc(Nc2ccc(F)cc2)cn1. The molecule has 0 aliphatic carbocycles. The Labute approximate surface area is 146 Å². The van der Waals surface area contributed by atoms with E-state index in [4.69, 9.17) is 0 Å². The summed E-state index contributed by atoms with van der Waals surface area (Å²) in [4.78, 5) is 20.4. The third-order valence-electron chi connectivity index (χ3n) is 3.08. The van der Waals surface area contributed by atoms with Gasteiger partial charge in [0.25, 0.3) is 5.91 Å². The van der Waals surface area contributed by atoms with Crippen LogP contribution < -0.4 is 10.6 Å². The van der Waals surface area contributed by atoms with E-state index in [2.05, 4.69) is 36.5 Å². The van der Waals surface area contributed by atoms with Gasteiger partial charge < -0.3 is 10.6 Å². The van der Waals surface area contributed by atoms with Crippen LogP contribution in [0.4, 0.5) is 21.6 Å². The standard InChI is InChI=1S/C17H12BrFN4O/c18-11-2-1-3-14(8-11)23-17(24)15-9-21-16(10-20-15)22-13-6-4-12(19)5-7-13/h1-10H,(H,21,22)(H,23,24). The molecule has 5 nitrogen and oxygen atoms in total. The number of hydrogen-bond acceptors (Lipinski definition) is 4. The number of anilines is 3. The number of benzene rings is 2. The van der Waals surface area contributed by atoms with Crippen LogP contribution in [0.2, 0.25) is 0 Å². The molecule has 0 fully saturated rings. The van der Waals surface area contributed by atoms with Gasteiger partial charge in [0, 0.05) is 15.8 Å². The fraction of sp³-hybridized carbons (Fsp3) is 0. The van der Waals surface area contributed by atoms with Crippen molar-refractivity contribution in [2.75, 3.05) is 10.6 Å². The van der Waals surface area contributed by atoms with Crippen molar-refractivity contribution < 1.29 is 9.18 Å². The second kappa shape index (κ2) is 7.18. The maximum Gasteiger partial charge on any atom is 0.275 e. The Morgan fingerprint density at radius 1 is 1.00 bits per heavy atom. The summed E-state index contributed by atoms with van der Waals surface area (Å²) in [7, 11) is 0. The average Bonchev–Trinajstić information content (AvgIpc) is 2.57. The molecule has 0 aliphatic heterocycles. The minimum absolute atomic E-state index is 0.194. The molecule has 1 amide bonds. The molecule has 7 heteroatoms. The lowest BCUT2D eigenvalue weighted by Crippen LogP contribution is -2.14. The lowest BCUT2D eigenvalue weighted by atomic mass is 10.3. The first kappa shape index (κ1) is 16.1. The Hall–Kier alpha value is -2.80. The molecular weight excluding hydrogens is 375 g/mol. The predicted octanol–water partition coefficient (Wildman–Crippen LogP) is 4.37. The minimum atomic E-state index is -0.353. The molecule has 0 atom stereocenters. The Morgan fingerprint density at radius 3 is 2.46 bits per heavy atom. The third kappa shape index (κ3) is 4.14. The largest absolute Gasteiger partial charge is 0.339 e. The van der Waals surface area contributed by atoms with E-state index in [0.717, 1.165) is 4.47 Å². The highest BCUT2D eigenvalue weighted by Crippen LogP contribution is 2.17. The number of rotatable bonds is 4. The normalized spacial score (nSPS) is 10.2. The second-order valence-corrected chi connectivity index (χ2v) is 5.80. The van der Waals surface area contributed by atoms with E-state index in [1.807, 2.05) is 12.1 Å². The van der Waals surface area contributed by atoms with Crippen molar-refractivity contribution in [3.05, 3.63) is 76.9 Å². The molecule has 1 aromatic heterocycles. The maximum absolute atomic E-state index is 12.9. The number of nitrogens with zero attached hydrogens (tertiary/aromatic N) is 2. The first-order valence-corrected chi connectivity index (χ1v) is 7.81. The van der Waals surface area contributed by atoms with Crippen molar-refractivity contribution in [3.63, 3.8) is 0 Å². The van der Waals surface area contributed by atoms with Crippen molar-refractivity contribution in [1.82, 2.24) is 9.97 Å². The Kier molecular flexibility index (Phi) is 4.81. The van der Waals surface area contributed by atoms with Gasteiger partial charge in [0.1, 0.15) is 17.3 Å². The van der Waals surface area contributed by atoms with Crippen LogP contribution in [-0.4, -0.2) is 15.9 Å². The molecule has 3 rings (SSSR count). The number of nitrogens with one attached hydrogen (secondary N) is 2. The van der Waals surface area contributed by atoms with Gasteiger partial charge in [-0.25, -0.2) is 14.4 Å². The van der Waals surface area contributed by atoms with E-state index in [-0.39, 0.29) is 17.4 Å². The van der Waals surface area contributed by atoms with Gasteiger partial charge in [0.2, 0.25) is 0 Å². The summed E-state index contributed by atoms with van der Waals surface area (Å²) in [5.74, 6) is -0.208. The highest BCUT2D eigenvalue weighted by atomic mass is 79.9. The van der Waals surface area contributed by atoms with Gasteiger partial charge in [-0.1, -0.05) is 22.0 Å². The van der Waals surface area contributed by atoms with Crippen LogP contribution in [-0.2, 0) is 0 Å². The topological polar surface area (TPSA) is 66.9 Å². The molecule has 2 aromatic carbocycles. The van der Waals surface area contributed by atoms with Crippen LogP contribution in [0, 0.1) is 5.82 Å². The smallest absolute Gasteiger partial charge is 0.275 e. The molecular formula is C17H12BrFN4O. The predicted molar refractivity (Wildman–Crippen MR) is 93.8 cm³/mol. The van der Waals surface area contributed by atoms with Gasteiger partial charge in [0.05, 0.1) is 12.4 Å². The summed E-state index contributed by atoms with van der Waals surface area (Å²) in [6.07, 6.45) is 2.82. The van der Waals surface area contributed by atoms with Gasteiger partial charge in [0.15, 0.2) is 0 Å². The molecule has 0 bridgehead atoms. The first-order chi connectivity index (χ1) is 11.6. The van der Waals surface area contributed by atoms with Gasteiger partial charge in [-0.15, -0.1) is 0 Å². The molecule has 2 N–H and O–H groups in total. The van der Waals surface area contributed by atoms with Crippen molar-refractivity contribution >= 4 is 39.0 Å². The summed E-state index contributed by atoms with van der Waals surface area (Å²) >= 11 is 3.34. The zero-order valence-electron chi connectivity index (χ0n) is 12.3. The number of aromatic nitrogens is 2. The lowest BCUT2D eigenvalue weighted by molar-refractivity contribution is 0.102. The number of hydrogen-bond donors (Lipinski definition) is 2. The van der Waals surface area contributed by atoms with Crippen molar-refractivity contribution in [2.45, 2.75) is 0 Å². The van der Waals surface area contributed by atoms with Crippen LogP contribution >= 0.6 is 15.9 Å². The summed E-state index contributed by atoms with van der Waals surface area (Å²) < 4.78 is 13.7. The van der Waals surface area contributed by atoms with E-state index in [0.29, 0.717) is 17.2 Å². The van der Waals surface area contributed by atoms with E-state index < -0.39 is 0 Å². The third-order valence-corrected chi connectivity index (χ3v) is 3.58. The average molecular weight is 387 g/mol. The number of amides is 1. The zero-order valence-corrected chi connectivity index (χ0v) is 13.9. The summed E-state index contributed by atoms with van der Waals surface area (Å²) in [6, 6.07) is 13.1. The highest BCUT2D eigenvalue weighted by molar-refractivity contribution is 9.10. The number of carbonyl (C=O) groups is 1. The molecule has 0 saturated heterocycles. The molecule has 0 aliphatic rings. The molecule has 3 aromatic rings. The highest BCUT2D eigenvalue weighted by Gasteiger charge is 2.09. The van der Waals surface area contributed by atoms with Crippen molar-refractivity contribution in [1.29, 1.82) is 0 Å². The summed E-state index contributed by atoms with van der Waals surface area (Å²) in [5, 5.41) is 5.72. The van der Waals surface area contributed by atoms with Gasteiger partial charge in [-0.3, -0.25) is 4.79 Å². The first-order valence-electron chi connectivity index (χ1n) is 7.02. The minimum Gasteiger partial charge on any atom is -0.339 e. The fourth-order valence-corrected chi connectivity index (χ4v) is 2.35. The summed E-state index contributed by atoms with van der Waals surface area (Å²) in [5.41, 5.74) is 1.53. The van der Waals surface area contributed by atoms with Crippen LogP contribution in [0.1, 0.15) is 10.5 Å². The van der Waals surface area contributed by atoms with Gasteiger partial charge in [-0.2, -0.15) is 0 Å². The fourth-order valence-electron chi connectivity index (χ4n) is 1.95. The summed E-state index contributed by atoms with van der Waals surface area (Å²) in [6.45, 7) is 0. The molecule has 0 saturated carbocycles. The van der Waals surface area contributed by atoms with Crippen molar-refractivity contribution in [3.8, 4) is 0 Å². The Balaban J connectivity index is 1.67. The van der Waals surface area contributed by atoms with E-state index in [1.54, 1.807) is 24.3 Å². The molecule has 120 valence electrons. The molecule has 24 heavy (non-hydrogen) atoms. The Bertz CT molecular complexity index is 853. The maximum atomic E-state index is 12.9. The molecule has 0 spiro atoms. The van der Waals surface area contributed by atoms with Gasteiger partial charge in [-0.05, 0) is 42.5 Å².